The number of pyridine rings is 1. The van der Waals surface area contributed by atoms with Crippen molar-refractivity contribution in [1.82, 2.24) is 15.0 Å². The Morgan fingerprint density at radius 3 is 2.52 bits per heavy atom. The largest absolute Gasteiger partial charge is 0.488 e. The van der Waals surface area contributed by atoms with E-state index in [0.29, 0.717) is 53.3 Å². The number of aromatic nitrogens is 3. The Labute approximate surface area is 229 Å². The van der Waals surface area contributed by atoms with E-state index >= 15 is 0 Å². The molecule has 10 nitrogen and oxygen atoms in total. The van der Waals surface area contributed by atoms with E-state index in [4.69, 9.17) is 14.2 Å². The Morgan fingerprint density at radius 1 is 1.05 bits per heavy atom. The minimum absolute atomic E-state index is 0.0331. The van der Waals surface area contributed by atoms with E-state index in [2.05, 4.69) is 25.0 Å². The van der Waals surface area contributed by atoms with E-state index in [9.17, 15) is 17.2 Å². The summed E-state index contributed by atoms with van der Waals surface area (Å²) in [5.41, 5.74) is 2.48. The standard InChI is InChI=1S/C27H27F2N5O5S/c1-15-20-10-16(12-23(25(20)33-27(30-2)32-15)39-19-6-8-38-9-7-19)17-11-22(26(37-3)31-14-17)34-40(35,36)24-5-4-18(28)13-21(24)29/h4-5,10-14,19,34H,6-9H2,1-3H3,(H,30,32,33). The number of anilines is 2. The number of nitrogens with zero attached hydrogens (tertiary/aromatic N) is 3. The number of halogens is 2. The van der Waals surface area contributed by atoms with Crippen molar-refractivity contribution in [2.45, 2.75) is 30.8 Å². The molecule has 0 atom stereocenters. The van der Waals surface area contributed by atoms with Crippen molar-refractivity contribution in [2.75, 3.05) is 37.4 Å². The van der Waals surface area contributed by atoms with Crippen LogP contribution in [0.25, 0.3) is 22.0 Å². The van der Waals surface area contributed by atoms with Gasteiger partial charge in [0.05, 0.1) is 26.0 Å². The molecule has 210 valence electrons. The second-order valence-electron chi connectivity index (χ2n) is 9.14. The number of hydrogen-bond acceptors (Lipinski definition) is 9. The summed E-state index contributed by atoms with van der Waals surface area (Å²) in [7, 11) is -1.38. The van der Waals surface area contributed by atoms with Crippen molar-refractivity contribution < 1.29 is 31.4 Å². The number of methoxy groups -OCH3 is 1. The predicted octanol–water partition coefficient (Wildman–Crippen LogP) is 4.69. The maximum absolute atomic E-state index is 14.3. The summed E-state index contributed by atoms with van der Waals surface area (Å²) in [6.45, 7) is 3.05. The molecule has 0 aliphatic carbocycles. The SMILES string of the molecule is CNc1nc(C)c2cc(-c3cnc(OC)c(NS(=O)(=O)c4ccc(F)cc4F)c3)cc(OC3CCOCC3)c2n1. The zero-order valence-corrected chi connectivity index (χ0v) is 22.8. The number of fused-ring (bicyclic) bond motifs is 1. The second kappa shape index (κ2) is 11.2. The summed E-state index contributed by atoms with van der Waals surface area (Å²) < 4.78 is 73.1. The molecule has 1 saturated heterocycles. The molecule has 4 aromatic rings. The van der Waals surface area contributed by atoms with Crippen molar-refractivity contribution in [3.63, 3.8) is 0 Å². The maximum atomic E-state index is 14.3. The van der Waals surface area contributed by atoms with Crippen LogP contribution >= 0.6 is 0 Å². The lowest BCUT2D eigenvalue weighted by Crippen LogP contribution is -2.26. The van der Waals surface area contributed by atoms with Crippen LogP contribution in [0.4, 0.5) is 20.4 Å². The molecule has 0 saturated carbocycles. The fourth-order valence-electron chi connectivity index (χ4n) is 4.43. The van der Waals surface area contributed by atoms with Gasteiger partial charge in [-0.3, -0.25) is 4.72 Å². The van der Waals surface area contributed by atoms with Crippen molar-refractivity contribution in [2.24, 2.45) is 0 Å². The summed E-state index contributed by atoms with van der Waals surface area (Å²) in [6.07, 6.45) is 2.91. The van der Waals surface area contributed by atoms with Gasteiger partial charge in [0, 0.05) is 43.1 Å². The highest BCUT2D eigenvalue weighted by atomic mass is 32.2. The Hall–Kier alpha value is -4.10. The Kier molecular flexibility index (Phi) is 7.68. The number of rotatable bonds is 8. The van der Waals surface area contributed by atoms with Crippen molar-refractivity contribution in [1.29, 1.82) is 0 Å². The molecule has 0 bridgehead atoms. The Bertz CT molecular complexity index is 1680. The highest BCUT2D eigenvalue weighted by Gasteiger charge is 2.23. The van der Waals surface area contributed by atoms with Crippen molar-refractivity contribution in [3.8, 4) is 22.8 Å². The zero-order chi connectivity index (χ0) is 28.4. The first-order valence-electron chi connectivity index (χ1n) is 12.5. The van der Waals surface area contributed by atoms with E-state index < -0.39 is 26.6 Å². The van der Waals surface area contributed by atoms with Crippen LogP contribution in [0, 0.1) is 18.6 Å². The van der Waals surface area contributed by atoms with Gasteiger partial charge in [-0.15, -0.1) is 0 Å². The predicted molar refractivity (Wildman–Crippen MR) is 145 cm³/mol. The van der Waals surface area contributed by atoms with Gasteiger partial charge >= 0.3 is 0 Å². The normalized spacial score (nSPS) is 14.2. The monoisotopic (exact) mass is 571 g/mol. The van der Waals surface area contributed by atoms with Crippen LogP contribution in [0.15, 0.2) is 47.5 Å². The lowest BCUT2D eigenvalue weighted by atomic mass is 10.0. The minimum atomic E-state index is -4.44. The van der Waals surface area contributed by atoms with E-state index in [1.54, 1.807) is 7.05 Å². The van der Waals surface area contributed by atoms with E-state index in [0.717, 1.165) is 30.4 Å². The number of sulfonamides is 1. The van der Waals surface area contributed by atoms with Crippen LogP contribution < -0.4 is 19.5 Å². The molecule has 13 heteroatoms. The van der Waals surface area contributed by atoms with Crippen molar-refractivity contribution >= 4 is 32.6 Å². The Morgan fingerprint density at radius 2 is 1.82 bits per heavy atom. The third kappa shape index (κ3) is 5.61. The molecule has 5 rings (SSSR count). The molecule has 0 spiro atoms. The number of benzene rings is 2. The minimum Gasteiger partial charge on any atom is -0.488 e. The molecule has 2 aromatic carbocycles. The van der Waals surface area contributed by atoms with E-state index in [1.165, 1.54) is 19.4 Å². The van der Waals surface area contributed by atoms with Crippen LogP contribution in [0.1, 0.15) is 18.5 Å². The average Bonchev–Trinajstić information content (AvgIpc) is 2.93. The Balaban J connectivity index is 1.59. The van der Waals surface area contributed by atoms with Crippen LogP contribution in [0.2, 0.25) is 0 Å². The zero-order valence-electron chi connectivity index (χ0n) is 22.0. The fraction of sp³-hybridized carbons (Fsp3) is 0.296. The summed E-state index contributed by atoms with van der Waals surface area (Å²) in [5, 5.41) is 3.71. The van der Waals surface area contributed by atoms with E-state index in [-0.39, 0.29) is 17.7 Å². The molecule has 2 N–H and O–H groups in total. The molecule has 1 aliphatic rings. The van der Waals surface area contributed by atoms with Crippen LogP contribution in [-0.2, 0) is 14.8 Å². The number of hydrogen-bond donors (Lipinski definition) is 2. The van der Waals surface area contributed by atoms with Gasteiger partial charge in [0.2, 0.25) is 11.8 Å². The molecular weight excluding hydrogens is 544 g/mol. The fourth-order valence-corrected chi connectivity index (χ4v) is 5.54. The van der Waals surface area contributed by atoms with Crippen LogP contribution in [0.3, 0.4) is 0 Å². The average molecular weight is 572 g/mol. The molecule has 0 radical (unpaired) electrons. The number of nitrogens with one attached hydrogen (secondary N) is 2. The van der Waals surface area contributed by atoms with Gasteiger partial charge in [-0.25, -0.2) is 32.2 Å². The summed E-state index contributed by atoms with van der Waals surface area (Å²) in [5.74, 6) is -1.17. The first-order valence-corrected chi connectivity index (χ1v) is 13.9. The highest BCUT2D eigenvalue weighted by molar-refractivity contribution is 7.92. The quantitative estimate of drug-likeness (QED) is 0.310. The molecule has 2 aromatic heterocycles. The smallest absolute Gasteiger partial charge is 0.264 e. The maximum Gasteiger partial charge on any atom is 0.264 e. The summed E-state index contributed by atoms with van der Waals surface area (Å²) in [4.78, 5) is 12.7. The van der Waals surface area contributed by atoms with Gasteiger partial charge in [0.25, 0.3) is 10.0 Å². The molecule has 3 heterocycles. The second-order valence-corrected chi connectivity index (χ2v) is 10.8. The molecule has 0 amide bonds. The van der Waals surface area contributed by atoms with Gasteiger partial charge in [-0.05, 0) is 42.8 Å². The van der Waals surface area contributed by atoms with Gasteiger partial charge in [0.1, 0.15) is 39.6 Å². The van der Waals surface area contributed by atoms with Gasteiger partial charge < -0.3 is 19.5 Å². The first kappa shape index (κ1) is 27.5. The topological polar surface area (TPSA) is 125 Å². The summed E-state index contributed by atoms with van der Waals surface area (Å²) >= 11 is 0. The summed E-state index contributed by atoms with van der Waals surface area (Å²) in [6, 6.07) is 7.40. The van der Waals surface area contributed by atoms with Crippen LogP contribution in [0.5, 0.6) is 11.6 Å². The number of ether oxygens (including phenoxy) is 3. The van der Waals surface area contributed by atoms with Gasteiger partial charge in [-0.1, -0.05) is 0 Å². The third-order valence-corrected chi connectivity index (χ3v) is 7.85. The lowest BCUT2D eigenvalue weighted by Gasteiger charge is -2.24. The molecule has 40 heavy (non-hydrogen) atoms. The van der Waals surface area contributed by atoms with Gasteiger partial charge in [0.15, 0.2) is 0 Å². The lowest BCUT2D eigenvalue weighted by molar-refractivity contribution is 0.0261. The molecular formula is C27H27F2N5O5S. The third-order valence-electron chi connectivity index (χ3n) is 6.45. The first-order chi connectivity index (χ1) is 19.2. The van der Waals surface area contributed by atoms with E-state index in [1.807, 2.05) is 19.1 Å². The van der Waals surface area contributed by atoms with Gasteiger partial charge in [-0.2, -0.15) is 0 Å². The van der Waals surface area contributed by atoms with Crippen molar-refractivity contribution in [3.05, 3.63) is 59.9 Å². The molecule has 1 fully saturated rings. The highest BCUT2D eigenvalue weighted by Crippen LogP contribution is 2.37. The molecule has 1 aliphatic heterocycles. The molecule has 0 unspecified atom stereocenters. The van der Waals surface area contributed by atoms with Crippen LogP contribution in [-0.4, -0.2) is 56.8 Å². The number of aryl methyl sites for hydroxylation is 1.